The molecule has 4 rings (SSSR count). The van der Waals surface area contributed by atoms with E-state index in [1.807, 2.05) is 0 Å². The third-order valence-electron chi connectivity index (χ3n) is 4.77. The van der Waals surface area contributed by atoms with Crippen LogP contribution in [0.1, 0.15) is 17.5 Å². The van der Waals surface area contributed by atoms with Crippen LogP contribution in [0.25, 0.3) is 0 Å². The molecule has 2 aromatic rings. The molecule has 0 aliphatic carbocycles. The number of carbonyl (C=O) groups excluding carboxylic acids is 3. The molecule has 2 heterocycles. The van der Waals surface area contributed by atoms with E-state index in [2.05, 4.69) is 21.2 Å². The predicted octanol–water partition coefficient (Wildman–Crippen LogP) is 3.39. The molecular formula is C18H11BrClFN2O3. The van der Waals surface area contributed by atoms with E-state index in [1.54, 1.807) is 24.3 Å². The molecule has 0 radical (unpaired) electrons. The third-order valence-corrected chi connectivity index (χ3v) is 5.58. The first kappa shape index (κ1) is 17.2. The number of rotatable bonds is 2. The van der Waals surface area contributed by atoms with Crippen molar-refractivity contribution < 1.29 is 18.8 Å². The Kier molecular flexibility index (Phi) is 3.89. The van der Waals surface area contributed by atoms with E-state index in [-0.39, 0.29) is 18.5 Å². The molecule has 1 atom stereocenters. The summed E-state index contributed by atoms with van der Waals surface area (Å²) >= 11 is 9.27. The Balaban J connectivity index is 1.75. The summed E-state index contributed by atoms with van der Waals surface area (Å²) in [5, 5.41) is 2.90. The molecule has 1 fully saturated rings. The van der Waals surface area contributed by atoms with Gasteiger partial charge in [0, 0.05) is 15.6 Å². The van der Waals surface area contributed by atoms with Crippen molar-refractivity contribution in [2.75, 3.05) is 5.32 Å². The van der Waals surface area contributed by atoms with E-state index in [0.29, 0.717) is 20.7 Å². The van der Waals surface area contributed by atoms with Crippen LogP contribution in [-0.4, -0.2) is 22.6 Å². The summed E-state index contributed by atoms with van der Waals surface area (Å²) in [5.41, 5.74) is -0.718. The molecule has 2 aliphatic rings. The minimum atomic E-state index is -1.64. The predicted molar refractivity (Wildman–Crippen MR) is 96.0 cm³/mol. The van der Waals surface area contributed by atoms with Crippen LogP contribution >= 0.6 is 27.5 Å². The molecule has 0 bridgehead atoms. The summed E-state index contributed by atoms with van der Waals surface area (Å²) in [6.45, 7) is -0.234. The molecule has 132 valence electrons. The minimum Gasteiger partial charge on any atom is -0.323 e. The van der Waals surface area contributed by atoms with Crippen molar-refractivity contribution in [1.29, 1.82) is 0 Å². The zero-order valence-corrected chi connectivity index (χ0v) is 15.5. The molecule has 8 heteroatoms. The second-order valence-electron chi connectivity index (χ2n) is 6.22. The van der Waals surface area contributed by atoms with Gasteiger partial charge in [-0.1, -0.05) is 45.7 Å². The summed E-state index contributed by atoms with van der Waals surface area (Å²) in [4.78, 5) is 39.2. The van der Waals surface area contributed by atoms with Gasteiger partial charge in [-0.25, -0.2) is 4.39 Å². The third kappa shape index (κ3) is 2.30. The average Bonchev–Trinajstić information content (AvgIpc) is 3.01. The number of hydrogen-bond donors (Lipinski definition) is 1. The van der Waals surface area contributed by atoms with Crippen LogP contribution in [0.15, 0.2) is 40.9 Å². The molecule has 2 aromatic carbocycles. The van der Waals surface area contributed by atoms with Gasteiger partial charge in [0.25, 0.3) is 0 Å². The van der Waals surface area contributed by atoms with Crippen molar-refractivity contribution >= 4 is 50.9 Å². The Hall–Kier alpha value is -2.25. The van der Waals surface area contributed by atoms with Crippen molar-refractivity contribution in [2.45, 2.75) is 18.4 Å². The molecule has 1 N–H and O–H groups in total. The molecule has 1 spiro atoms. The quantitative estimate of drug-likeness (QED) is 0.578. The molecular weight excluding hydrogens is 427 g/mol. The lowest BCUT2D eigenvalue weighted by molar-refractivity contribution is -0.141. The van der Waals surface area contributed by atoms with Crippen LogP contribution in [0, 0.1) is 5.82 Å². The standard InChI is InChI=1S/C18H11BrClFN2O3/c19-10-5-4-9(13(21)6-10)8-23-14(24)7-18(17(23)26)11-2-1-3-12(20)15(11)22-16(18)25/h1-6H,7-8H2,(H,22,25). The highest BCUT2D eigenvalue weighted by atomic mass is 79.9. The van der Waals surface area contributed by atoms with E-state index in [9.17, 15) is 18.8 Å². The van der Waals surface area contributed by atoms with Crippen LogP contribution in [0.5, 0.6) is 0 Å². The number of fused-ring (bicyclic) bond motifs is 2. The van der Waals surface area contributed by atoms with Gasteiger partial charge in [-0.15, -0.1) is 0 Å². The summed E-state index contributed by atoms with van der Waals surface area (Å²) in [6, 6.07) is 9.19. The summed E-state index contributed by atoms with van der Waals surface area (Å²) in [6.07, 6.45) is -0.302. The topological polar surface area (TPSA) is 66.5 Å². The smallest absolute Gasteiger partial charge is 0.250 e. The first-order chi connectivity index (χ1) is 12.3. The molecule has 1 saturated heterocycles. The van der Waals surface area contributed by atoms with Crippen molar-refractivity contribution in [3.8, 4) is 0 Å². The average molecular weight is 438 g/mol. The fourth-order valence-corrected chi connectivity index (χ4v) is 4.01. The number of nitrogens with zero attached hydrogens (tertiary/aromatic N) is 1. The number of carbonyl (C=O) groups is 3. The lowest BCUT2D eigenvalue weighted by Gasteiger charge is -2.20. The van der Waals surface area contributed by atoms with Gasteiger partial charge in [-0.2, -0.15) is 0 Å². The van der Waals surface area contributed by atoms with Gasteiger partial charge in [0.05, 0.1) is 23.7 Å². The van der Waals surface area contributed by atoms with Crippen LogP contribution in [-0.2, 0) is 26.3 Å². The fourth-order valence-electron chi connectivity index (χ4n) is 3.46. The highest BCUT2D eigenvalue weighted by Gasteiger charge is 2.61. The van der Waals surface area contributed by atoms with Gasteiger partial charge in [-0.05, 0) is 18.2 Å². The lowest BCUT2D eigenvalue weighted by Crippen LogP contribution is -2.43. The highest BCUT2D eigenvalue weighted by Crippen LogP contribution is 2.48. The number of hydrogen-bond acceptors (Lipinski definition) is 3. The SMILES string of the molecule is O=C1CC2(C(=O)Nc3c(Cl)cccc32)C(=O)N1Cc1ccc(Br)cc1F. The first-order valence-corrected chi connectivity index (χ1v) is 8.91. The van der Waals surface area contributed by atoms with E-state index >= 15 is 0 Å². The number of amides is 3. The summed E-state index contributed by atoms with van der Waals surface area (Å²) in [7, 11) is 0. The molecule has 0 saturated carbocycles. The molecule has 0 aromatic heterocycles. The Labute approximate surface area is 161 Å². The van der Waals surface area contributed by atoms with E-state index in [0.717, 1.165) is 4.90 Å². The van der Waals surface area contributed by atoms with E-state index in [4.69, 9.17) is 11.6 Å². The Morgan fingerprint density at radius 1 is 1.23 bits per heavy atom. The van der Waals surface area contributed by atoms with Gasteiger partial charge < -0.3 is 5.32 Å². The van der Waals surface area contributed by atoms with Crippen molar-refractivity contribution in [3.63, 3.8) is 0 Å². The number of benzene rings is 2. The van der Waals surface area contributed by atoms with Gasteiger partial charge in [0.15, 0.2) is 5.41 Å². The van der Waals surface area contributed by atoms with Crippen molar-refractivity contribution in [2.24, 2.45) is 0 Å². The van der Waals surface area contributed by atoms with E-state index < -0.39 is 29.0 Å². The zero-order valence-electron chi connectivity index (χ0n) is 13.2. The number of nitrogens with one attached hydrogen (secondary N) is 1. The number of para-hydroxylation sites is 1. The normalized spacial score (nSPS) is 21.5. The van der Waals surface area contributed by atoms with Crippen LogP contribution < -0.4 is 5.32 Å². The molecule has 26 heavy (non-hydrogen) atoms. The molecule has 1 unspecified atom stereocenters. The van der Waals surface area contributed by atoms with E-state index in [1.165, 1.54) is 12.1 Å². The lowest BCUT2D eigenvalue weighted by atomic mass is 9.80. The van der Waals surface area contributed by atoms with Crippen molar-refractivity contribution in [3.05, 3.63) is 62.8 Å². The van der Waals surface area contributed by atoms with Gasteiger partial charge in [0.1, 0.15) is 5.82 Å². The zero-order chi connectivity index (χ0) is 18.6. The van der Waals surface area contributed by atoms with Crippen LogP contribution in [0.2, 0.25) is 5.02 Å². The maximum Gasteiger partial charge on any atom is 0.250 e. The molecule has 3 amide bonds. The number of imide groups is 1. The Bertz CT molecular complexity index is 996. The van der Waals surface area contributed by atoms with Gasteiger partial charge in [0.2, 0.25) is 17.7 Å². The highest BCUT2D eigenvalue weighted by molar-refractivity contribution is 9.10. The Morgan fingerprint density at radius 2 is 2.00 bits per heavy atom. The number of halogens is 3. The van der Waals surface area contributed by atoms with Gasteiger partial charge >= 0.3 is 0 Å². The second kappa shape index (κ2) is 5.89. The van der Waals surface area contributed by atoms with Crippen molar-refractivity contribution in [1.82, 2.24) is 4.90 Å². The fraction of sp³-hybridized carbons (Fsp3) is 0.167. The maximum atomic E-state index is 14.1. The maximum absolute atomic E-state index is 14.1. The van der Waals surface area contributed by atoms with Crippen LogP contribution in [0.3, 0.4) is 0 Å². The summed E-state index contributed by atoms with van der Waals surface area (Å²) in [5.74, 6) is -2.32. The second-order valence-corrected chi connectivity index (χ2v) is 7.54. The number of likely N-dealkylation sites (tertiary alicyclic amines) is 1. The first-order valence-electron chi connectivity index (χ1n) is 7.74. The van der Waals surface area contributed by atoms with Crippen LogP contribution in [0.4, 0.5) is 10.1 Å². The van der Waals surface area contributed by atoms with Gasteiger partial charge in [-0.3, -0.25) is 19.3 Å². The summed E-state index contributed by atoms with van der Waals surface area (Å²) < 4.78 is 14.7. The molecule has 5 nitrogen and oxygen atoms in total. The monoisotopic (exact) mass is 436 g/mol. The largest absolute Gasteiger partial charge is 0.323 e. The minimum absolute atomic E-state index is 0.191. The Morgan fingerprint density at radius 3 is 2.73 bits per heavy atom. The number of anilines is 1. The molecule has 2 aliphatic heterocycles.